The topological polar surface area (TPSA) is 115 Å². The lowest BCUT2D eigenvalue weighted by atomic mass is 9.75. The summed E-state index contributed by atoms with van der Waals surface area (Å²) in [5.41, 5.74) is 7.42. The first kappa shape index (κ1) is 18.0. The summed E-state index contributed by atoms with van der Waals surface area (Å²) in [5, 5.41) is 0. The van der Waals surface area contributed by atoms with Crippen LogP contribution in [0.15, 0.2) is 42.6 Å². The summed E-state index contributed by atoms with van der Waals surface area (Å²) in [7, 11) is 0. The minimum Gasteiger partial charge on any atom is -0.364 e. The fourth-order valence-electron chi connectivity index (χ4n) is 3.67. The van der Waals surface area contributed by atoms with Gasteiger partial charge >= 0.3 is 0 Å². The number of hydrogen-bond acceptors (Lipinski definition) is 6. The molecule has 28 heavy (non-hydrogen) atoms. The van der Waals surface area contributed by atoms with Crippen molar-refractivity contribution in [1.82, 2.24) is 19.9 Å². The zero-order valence-electron chi connectivity index (χ0n) is 15.9. The van der Waals surface area contributed by atoms with Crippen LogP contribution < -0.4 is 10.6 Å². The molecule has 1 aliphatic heterocycles. The summed E-state index contributed by atoms with van der Waals surface area (Å²) in [6, 6.07) is 0. The number of rotatable bonds is 3. The van der Waals surface area contributed by atoms with Crippen molar-refractivity contribution in [2.75, 3.05) is 4.90 Å². The molecule has 4 rings (SSSR count). The number of carbonyl (C=O) groups excluding carboxylic acids is 2. The number of aromatic nitrogens is 4. The summed E-state index contributed by atoms with van der Waals surface area (Å²) in [6.07, 6.45) is 11.1. The molecule has 1 atom stereocenters. The van der Waals surface area contributed by atoms with Crippen LogP contribution in [0.2, 0.25) is 0 Å². The summed E-state index contributed by atoms with van der Waals surface area (Å²) < 4.78 is 0. The van der Waals surface area contributed by atoms with Crippen molar-refractivity contribution >= 4 is 23.2 Å². The Kier molecular flexibility index (Phi) is 4.06. The quantitative estimate of drug-likeness (QED) is 0.876. The van der Waals surface area contributed by atoms with Gasteiger partial charge in [-0.2, -0.15) is 0 Å². The number of carbonyl (C=O) groups is 2. The molecule has 0 spiro atoms. The van der Waals surface area contributed by atoms with Crippen molar-refractivity contribution in [1.29, 1.82) is 0 Å². The van der Waals surface area contributed by atoms with E-state index in [2.05, 4.69) is 26.0 Å². The van der Waals surface area contributed by atoms with Gasteiger partial charge in [-0.15, -0.1) is 0 Å². The van der Waals surface area contributed by atoms with E-state index in [-0.39, 0.29) is 17.5 Å². The minimum atomic E-state index is -0.661. The zero-order chi connectivity index (χ0) is 20.1. The highest BCUT2D eigenvalue weighted by Crippen LogP contribution is 2.49. The summed E-state index contributed by atoms with van der Waals surface area (Å²) in [4.78, 5) is 42.8. The number of primary amides is 1. The van der Waals surface area contributed by atoms with Gasteiger partial charge in [0.15, 0.2) is 5.82 Å². The van der Waals surface area contributed by atoms with E-state index in [0.717, 1.165) is 23.3 Å². The van der Waals surface area contributed by atoms with E-state index in [1.165, 1.54) is 12.4 Å². The molecule has 3 heterocycles. The lowest BCUT2D eigenvalue weighted by Gasteiger charge is -2.25. The molecule has 0 radical (unpaired) electrons. The highest BCUT2D eigenvalue weighted by atomic mass is 16.2. The van der Waals surface area contributed by atoms with Crippen LogP contribution in [0, 0.1) is 18.3 Å². The van der Waals surface area contributed by atoms with Gasteiger partial charge in [0.25, 0.3) is 5.91 Å². The van der Waals surface area contributed by atoms with E-state index in [9.17, 15) is 9.59 Å². The third-order valence-corrected chi connectivity index (χ3v) is 5.35. The molecule has 1 saturated heterocycles. The average Bonchev–Trinajstić information content (AvgIpc) is 2.88. The van der Waals surface area contributed by atoms with Crippen molar-refractivity contribution in [2.45, 2.75) is 27.2 Å². The van der Waals surface area contributed by atoms with E-state index in [1.54, 1.807) is 17.3 Å². The normalized spacial score (nSPS) is 20.5. The first-order valence-corrected chi connectivity index (χ1v) is 8.96. The van der Waals surface area contributed by atoms with Crippen LogP contribution in [-0.4, -0.2) is 31.8 Å². The Morgan fingerprint density at radius 2 is 1.86 bits per heavy atom. The number of allylic oxidation sites excluding steroid dienone is 4. The molecular weight excluding hydrogens is 356 g/mol. The van der Waals surface area contributed by atoms with Crippen LogP contribution in [-0.2, 0) is 4.79 Å². The Balaban J connectivity index is 1.77. The number of amides is 2. The smallest absolute Gasteiger partial charge is 0.268 e. The first-order chi connectivity index (χ1) is 13.3. The van der Waals surface area contributed by atoms with Gasteiger partial charge in [0.2, 0.25) is 5.91 Å². The van der Waals surface area contributed by atoms with E-state index in [4.69, 9.17) is 5.73 Å². The molecule has 1 aliphatic carbocycles. The molecule has 0 saturated carbocycles. The van der Waals surface area contributed by atoms with Crippen molar-refractivity contribution < 1.29 is 9.59 Å². The Hall–Kier alpha value is -3.42. The van der Waals surface area contributed by atoms with Crippen LogP contribution >= 0.6 is 0 Å². The number of anilines is 1. The summed E-state index contributed by atoms with van der Waals surface area (Å²) >= 11 is 0. The molecule has 2 amide bonds. The molecule has 0 bridgehead atoms. The molecule has 142 valence electrons. The van der Waals surface area contributed by atoms with Crippen LogP contribution in [0.3, 0.4) is 0 Å². The average molecular weight is 376 g/mol. The van der Waals surface area contributed by atoms with E-state index in [1.807, 2.05) is 26.8 Å². The van der Waals surface area contributed by atoms with Gasteiger partial charge in [-0.05, 0) is 25.0 Å². The van der Waals surface area contributed by atoms with Gasteiger partial charge in [-0.3, -0.25) is 14.5 Å². The number of fused-ring (bicyclic) bond motifs is 1. The fraction of sp³-hybridized carbons (Fsp3) is 0.300. The second-order valence-electron chi connectivity index (χ2n) is 7.52. The molecule has 2 aromatic heterocycles. The Morgan fingerprint density at radius 1 is 1.14 bits per heavy atom. The lowest BCUT2D eigenvalue weighted by molar-refractivity contribution is -0.125. The number of nitrogens with two attached hydrogens (primary N) is 1. The number of nitrogens with zero attached hydrogens (tertiary/aromatic N) is 5. The largest absolute Gasteiger partial charge is 0.364 e. The third-order valence-electron chi connectivity index (χ3n) is 5.35. The summed E-state index contributed by atoms with van der Waals surface area (Å²) in [5.74, 6) is 0.381. The predicted octanol–water partition coefficient (Wildman–Crippen LogP) is 2.03. The lowest BCUT2D eigenvalue weighted by Crippen LogP contribution is -2.32. The monoisotopic (exact) mass is 376 g/mol. The predicted molar refractivity (Wildman–Crippen MR) is 103 cm³/mol. The molecule has 2 aromatic rings. The first-order valence-electron chi connectivity index (χ1n) is 8.96. The Labute approximate surface area is 162 Å². The van der Waals surface area contributed by atoms with Gasteiger partial charge in [0.05, 0.1) is 17.8 Å². The third kappa shape index (κ3) is 2.77. The molecule has 1 unspecified atom stereocenters. The fourth-order valence-corrected chi connectivity index (χ4v) is 3.67. The van der Waals surface area contributed by atoms with E-state index in [0.29, 0.717) is 11.6 Å². The van der Waals surface area contributed by atoms with Crippen LogP contribution in [0.4, 0.5) is 5.82 Å². The molecule has 2 N–H and O–H groups in total. The highest BCUT2D eigenvalue weighted by molar-refractivity contribution is 6.04. The van der Waals surface area contributed by atoms with Crippen LogP contribution in [0.25, 0.3) is 5.57 Å². The maximum atomic E-state index is 13.2. The van der Waals surface area contributed by atoms with E-state index < -0.39 is 11.3 Å². The number of aryl methyl sites for hydroxylation is 1. The zero-order valence-corrected chi connectivity index (χ0v) is 15.9. The molecule has 0 aromatic carbocycles. The summed E-state index contributed by atoms with van der Waals surface area (Å²) in [6.45, 7) is 5.71. The molecule has 1 fully saturated rings. The van der Waals surface area contributed by atoms with Gasteiger partial charge in [-0.25, -0.2) is 19.9 Å². The highest BCUT2D eigenvalue weighted by Gasteiger charge is 2.51. The second kappa shape index (κ2) is 6.33. The molecule has 8 heteroatoms. The van der Waals surface area contributed by atoms with Crippen molar-refractivity contribution in [3.8, 4) is 0 Å². The number of hydrogen-bond donors (Lipinski definition) is 1. The maximum Gasteiger partial charge on any atom is 0.268 e. The molecule has 2 aliphatic rings. The van der Waals surface area contributed by atoms with Gasteiger partial charge in [0.1, 0.15) is 11.5 Å². The Bertz CT molecular complexity index is 1020. The maximum absolute atomic E-state index is 13.2. The van der Waals surface area contributed by atoms with Crippen LogP contribution in [0.5, 0.6) is 0 Å². The molecular formula is C20H20N6O2. The molecule has 8 nitrogen and oxygen atoms in total. The minimum absolute atomic E-state index is 0.0210. The van der Waals surface area contributed by atoms with Crippen molar-refractivity contribution in [2.24, 2.45) is 17.1 Å². The Morgan fingerprint density at radius 3 is 2.46 bits per heavy atom. The van der Waals surface area contributed by atoms with E-state index >= 15 is 0 Å². The van der Waals surface area contributed by atoms with Crippen molar-refractivity contribution in [3.05, 3.63) is 59.7 Å². The van der Waals surface area contributed by atoms with Gasteiger partial charge in [0, 0.05) is 29.6 Å². The van der Waals surface area contributed by atoms with Crippen molar-refractivity contribution in [3.63, 3.8) is 0 Å². The van der Waals surface area contributed by atoms with Gasteiger partial charge in [-0.1, -0.05) is 19.9 Å². The van der Waals surface area contributed by atoms with Gasteiger partial charge < -0.3 is 5.73 Å². The second-order valence-corrected chi connectivity index (χ2v) is 7.52. The SMILES string of the molecule is Cc1ncc(C2=CCC3C(=C2)N(c2cnc(C(N)=O)cn2)C(=O)C3(C)C)cn1. The van der Waals surface area contributed by atoms with Crippen LogP contribution in [0.1, 0.15) is 42.1 Å². The standard InChI is InChI=1S/C20H20N6O2/c1-11-22-7-13(8-23-11)12-4-5-14-16(6-12)26(19(28)20(14,2)3)17-10-24-15(9-25-17)18(21)27/h4,6-10,14H,5H2,1-3H3,(H2,21,27).